The minimum atomic E-state index is -4.87. The van der Waals surface area contributed by atoms with Crippen LogP contribution in [0.3, 0.4) is 0 Å². The van der Waals surface area contributed by atoms with E-state index in [2.05, 4.69) is 4.74 Å². The predicted octanol–water partition coefficient (Wildman–Crippen LogP) is 3.74. The average Bonchev–Trinajstić information content (AvgIpc) is 2.38. The third-order valence-corrected chi connectivity index (χ3v) is 2.65. The Morgan fingerprint density at radius 1 is 1.10 bits per heavy atom. The van der Waals surface area contributed by atoms with Crippen LogP contribution in [0.25, 0.3) is 11.1 Å². The highest BCUT2D eigenvalue weighted by Gasteiger charge is 2.32. The number of benzene rings is 2. The molecule has 0 spiro atoms. The number of nitro groups is 1. The summed E-state index contributed by atoms with van der Waals surface area (Å²) in [5.74, 6) is -0.475. The molecule has 2 aromatic carbocycles. The summed E-state index contributed by atoms with van der Waals surface area (Å²) in [6.07, 6.45) is -4.87. The summed E-state index contributed by atoms with van der Waals surface area (Å²) in [6, 6.07) is 8.84. The smallest absolute Gasteiger partial charge is 0.405 e. The Morgan fingerprint density at radius 2 is 1.76 bits per heavy atom. The maximum Gasteiger partial charge on any atom is 0.573 e. The fourth-order valence-corrected chi connectivity index (χ4v) is 1.79. The number of rotatable bonds is 3. The molecule has 0 unspecified atom stereocenters. The first-order valence-electron chi connectivity index (χ1n) is 5.67. The van der Waals surface area contributed by atoms with E-state index in [0.717, 1.165) is 12.1 Å². The number of anilines is 1. The highest BCUT2D eigenvalue weighted by atomic mass is 19.4. The van der Waals surface area contributed by atoms with E-state index >= 15 is 0 Å². The third kappa shape index (κ3) is 3.41. The van der Waals surface area contributed by atoms with Gasteiger partial charge in [0.1, 0.15) is 5.75 Å². The SMILES string of the molecule is Nc1ccc([N+](=O)[O-])cc1-c1ccccc1OC(F)(F)F. The second-order valence-electron chi connectivity index (χ2n) is 4.07. The van der Waals surface area contributed by atoms with E-state index in [0.29, 0.717) is 0 Å². The van der Waals surface area contributed by atoms with Gasteiger partial charge in [0.2, 0.25) is 0 Å². The van der Waals surface area contributed by atoms with Crippen LogP contribution in [0.1, 0.15) is 0 Å². The molecule has 5 nitrogen and oxygen atoms in total. The van der Waals surface area contributed by atoms with Crippen molar-refractivity contribution in [2.75, 3.05) is 5.73 Å². The van der Waals surface area contributed by atoms with Crippen molar-refractivity contribution in [1.82, 2.24) is 0 Å². The molecule has 0 saturated heterocycles. The Kier molecular flexibility index (Phi) is 3.70. The molecule has 0 amide bonds. The lowest BCUT2D eigenvalue weighted by Gasteiger charge is -2.14. The van der Waals surface area contributed by atoms with Crippen molar-refractivity contribution in [3.8, 4) is 16.9 Å². The maximum atomic E-state index is 12.4. The molecule has 0 aliphatic carbocycles. The van der Waals surface area contributed by atoms with Crippen LogP contribution in [-0.4, -0.2) is 11.3 Å². The Morgan fingerprint density at radius 3 is 2.38 bits per heavy atom. The summed E-state index contributed by atoms with van der Waals surface area (Å²) in [4.78, 5) is 10.1. The van der Waals surface area contributed by atoms with Crippen molar-refractivity contribution in [3.05, 3.63) is 52.6 Å². The Labute approximate surface area is 116 Å². The summed E-state index contributed by atoms with van der Waals surface area (Å²) in [5, 5.41) is 10.8. The van der Waals surface area contributed by atoms with Gasteiger partial charge < -0.3 is 10.5 Å². The van der Waals surface area contributed by atoms with Crippen LogP contribution < -0.4 is 10.5 Å². The van der Waals surface area contributed by atoms with Gasteiger partial charge in [0, 0.05) is 28.9 Å². The van der Waals surface area contributed by atoms with E-state index in [4.69, 9.17) is 5.73 Å². The van der Waals surface area contributed by atoms with E-state index in [9.17, 15) is 23.3 Å². The number of nitro benzene ring substituents is 1. The maximum absolute atomic E-state index is 12.4. The quantitative estimate of drug-likeness (QED) is 0.532. The van der Waals surface area contributed by atoms with Gasteiger partial charge in [-0.05, 0) is 12.1 Å². The molecule has 2 N–H and O–H groups in total. The summed E-state index contributed by atoms with van der Waals surface area (Å²) < 4.78 is 41.1. The largest absolute Gasteiger partial charge is 0.573 e. The Hall–Kier alpha value is -2.77. The number of hydrogen-bond donors (Lipinski definition) is 1. The average molecular weight is 298 g/mol. The molecule has 8 heteroatoms. The fraction of sp³-hybridized carbons (Fsp3) is 0.0769. The van der Waals surface area contributed by atoms with E-state index in [1.54, 1.807) is 0 Å². The molecular weight excluding hydrogens is 289 g/mol. The first-order valence-corrected chi connectivity index (χ1v) is 5.67. The lowest BCUT2D eigenvalue weighted by atomic mass is 10.0. The van der Waals surface area contributed by atoms with E-state index in [-0.39, 0.29) is 22.5 Å². The number of hydrogen-bond acceptors (Lipinski definition) is 4. The van der Waals surface area contributed by atoms with Gasteiger partial charge in [-0.2, -0.15) is 0 Å². The van der Waals surface area contributed by atoms with E-state index < -0.39 is 17.0 Å². The Balaban J connectivity index is 2.56. The van der Waals surface area contributed by atoms with Crippen LogP contribution >= 0.6 is 0 Å². The molecule has 110 valence electrons. The molecule has 0 aromatic heterocycles. The van der Waals surface area contributed by atoms with Gasteiger partial charge in [-0.3, -0.25) is 10.1 Å². The van der Waals surface area contributed by atoms with Crippen molar-refractivity contribution in [2.24, 2.45) is 0 Å². The standard InChI is InChI=1S/C13H9F3N2O3/c14-13(15,16)21-12-4-2-1-3-9(12)10-7-8(18(19)20)5-6-11(10)17/h1-7H,17H2. The van der Waals surface area contributed by atoms with Gasteiger partial charge in [-0.1, -0.05) is 18.2 Å². The van der Waals surface area contributed by atoms with Crippen molar-refractivity contribution in [1.29, 1.82) is 0 Å². The molecule has 0 aliphatic rings. The monoisotopic (exact) mass is 298 g/mol. The van der Waals surface area contributed by atoms with Crippen LogP contribution in [0.5, 0.6) is 5.75 Å². The number of para-hydroxylation sites is 1. The van der Waals surface area contributed by atoms with Gasteiger partial charge in [-0.25, -0.2) is 0 Å². The first-order chi connectivity index (χ1) is 9.78. The molecule has 0 saturated carbocycles. The molecule has 0 fully saturated rings. The lowest BCUT2D eigenvalue weighted by molar-refractivity contribution is -0.384. The Bertz CT molecular complexity index is 687. The first kappa shape index (κ1) is 14.6. The third-order valence-electron chi connectivity index (χ3n) is 2.65. The van der Waals surface area contributed by atoms with Gasteiger partial charge >= 0.3 is 6.36 Å². The summed E-state index contributed by atoms with van der Waals surface area (Å²) in [7, 11) is 0. The van der Waals surface area contributed by atoms with Crippen molar-refractivity contribution >= 4 is 11.4 Å². The zero-order valence-electron chi connectivity index (χ0n) is 10.4. The van der Waals surface area contributed by atoms with Gasteiger partial charge in [0.05, 0.1) is 4.92 Å². The second kappa shape index (κ2) is 5.31. The number of nitrogens with zero attached hydrogens (tertiary/aromatic N) is 1. The normalized spacial score (nSPS) is 11.2. The summed E-state index contributed by atoms with van der Waals surface area (Å²) in [5.41, 5.74) is 5.65. The zero-order chi connectivity index (χ0) is 15.6. The minimum absolute atomic E-state index is 0.0241. The second-order valence-corrected chi connectivity index (χ2v) is 4.07. The molecule has 0 bridgehead atoms. The number of nitrogen functional groups attached to an aromatic ring is 1. The molecule has 0 radical (unpaired) electrons. The number of non-ortho nitro benzene ring substituents is 1. The van der Waals surface area contributed by atoms with Crippen LogP contribution in [0, 0.1) is 10.1 Å². The molecule has 2 aromatic rings. The van der Waals surface area contributed by atoms with E-state index in [1.807, 2.05) is 0 Å². The highest BCUT2D eigenvalue weighted by Crippen LogP contribution is 2.37. The fourth-order valence-electron chi connectivity index (χ4n) is 1.79. The predicted molar refractivity (Wildman–Crippen MR) is 69.6 cm³/mol. The molecular formula is C13H9F3N2O3. The van der Waals surface area contributed by atoms with Crippen molar-refractivity contribution in [3.63, 3.8) is 0 Å². The van der Waals surface area contributed by atoms with Crippen LogP contribution in [0.4, 0.5) is 24.5 Å². The highest BCUT2D eigenvalue weighted by molar-refractivity contribution is 5.82. The number of halogens is 3. The number of nitrogens with two attached hydrogens (primary N) is 1. The van der Waals surface area contributed by atoms with Crippen LogP contribution in [0.2, 0.25) is 0 Å². The molecule has 21 heavy (non-hydrogen) atoms. The van der Waals surface area contributed by atoms with Crippen molar-refractivity contribution in [2.45, 2.75) is 6.36 Å². The molecule has 2 rings (SSSR count). The molecule has 0 aliphatic heterocycles. The lowest BCUT2D eigenvalue weighted by Crippen LogP contribution is -2.17. The minimum Gasteiger partial charge on any atom is -0.405 e. The summed E-state index contributed by atoms with van der Waals surface area (Å²) >= 11 is 0. The van der Waals surface area contributed by atoms with Gasteiger partial charge in [0.15, 0.2) is 0 Å². The van der Waals surface area contributed by atoms with E-state index in [1.165, 1.54) is 30.3 Å². The topological polar surface area (TPSA) is 78.4 Å². The zero-order valence-corrected chi connectivity index (χ0v) is 10.4. The number of alkyl halides is 3. The molecule has 0 heterocycles. The van der Waals surface area contributed by atoms with Gasteiger partial charge in [-0.15, -0.1) is 13.2 Å². The van der Waals surface area contributed by atoms with Crippen molar-refractivity contribution < 1.29 is 22.8 Å². The summed E-state index contributed by atoms with van der Waals surface area (Å²) in [6.45, 7) is 0. The molecule has 0 atom stereocenters. The van der Waals surface area contributed by atoms with Crippen LogP contribution in [-0.2, 0) is 0 Å². The van der Waals surface area contributed by atoms with Gasteiger partial charge in [0.25, 0.3) is 5.69 Å². The van der Waals surface area contributed by atoms with Crippen LogP contribution in [0.15, 0.2) is 42.5 Å². The number of ether oxygens (including phenoxy) is 1.